The van der Waals surface area contributed by atoms with E-state index in [-0.39, 0.29) is 41.9 Å². The van der Waals surface area contributed by atoms with Crippen LogP contribution in [0.15, 0.2) is 23.5 Å². The van der Waals surface area contributed by atoms with E-state index in [1.807, 2.05) is 18.0 Å². The Labute approximate surface area is 341 Å². The zero-order valence-corrected chi connectivity index (χ0v) is 34.0. The van der Waals surface area contributed by atoms with E-state index < -0.39 is 36.5 Å². The standard InChI is InChI=1S/C39H57N9O9S/c1-54-18-27-26(55-2)15-29(56-27)47-17-22(34(40)46-39(47)53)10-4-7-13-25-32(50)33(51)37(57-25)48-16-21(30-35(41)42-20-43-36(30)48)9-3-5-11-23(49)12-6-8-14-28-31-24(19-58-28)44-38(52)45-31/h16-17,20,24-29,31-33,37,50-51H,3-15,18-19H2,1-2H3,(H2,40,46,53)(H2,41,42,43)(H2,44,45,52)/t24?,25-,26+,27-,28?,29-,31?,32?,33+,37-/m1/s1. The summed E-state index contributed by atoms with van der Waals surface area (Å²) < 4.78 is 26.3. The molecule has 7 heterocycles. The van der Waals surface area contributed by atoms with E-state index in [9.17, 15) is 24.6 Å². The SMILES string of the molecule is COC[C@H]1O[C@@H](n2cc(CCCC[C@H]3O[C@@H](n4cc(CCCCC(=O)CCCCC5SCC6NC(=O)NC65)c5c(N)ncnc54)[C@@H](O)C3O)c(N)nc2=O)C[C@@H]1OC. The van der Waals surface area contributed by atoms with Crippen molar-refractivity contribution in [1.29, 1.82) is 0 Å². The minimum absolute atomic E-state index is 0.0782. The summed E-state index contributed by atoms with van der Waals surface area (Å²) in [6.45, 7) is 0.336. The van der Waals surface area contributed by atoms with Gasteiger partial charge in [-0.3, -0.25) is 9.36 Å². The highest BCUT2D eigenvalue weighted by atomic mass is 32.2. The monoisotopic (exact) mass is 827 g/mol. The Kier molecular flexibility index (Phi) is 13.9. The molecule has 0 spiro atoms. The van der Waals surface area contributed by atoms with Gasteiger partial charge in [0.25, 0.3) is 0 Å². The highest BCUT2D eigenvalue weighted by molar-refractivity contribution is 8.00. The molecular formula is C39H57N9O9S. The molecule has 58 heavy (non-hydrogen) atoms. The summed E-state index contributed by atoms with van der Waals surface area (Å²) in [6, 6.07) is 0.323. The maximum atomic E-state index is 12.8. The molecule has 4 fully saturated rings. The van der Waals surface area contributed by atoms with Gasteiger partial charge in [0.05, 0.1) is 36.3 Å². The van der Waals surface area contributed by atoms with Crippen molar-refractivity contribution in [3.05, 3.63) is 40.3 Å². The van der Waals surface area contributed by atoms with Crippen molar-refractivity contribution in [1.82, 2.24) is 34.7 Å². The number of carbonyl (C=O) groups excluding carboxylic acids is 2. The third-order valence-corrected chi connectivity index (χ3v) is 13.5. The predicted molar refractivity (Wildman–Crippen MR) is 216 cm³/mol. The van der Waals surface area contributed by atoms with Gasteiger partial charge in [0.15, 0.2) is 6.23 Å². The molecule has 4 aliphatic rings. The van der Waals surface area contributed by atoms with Crippen molar-refractivity contribution < 1.29 is 38.7 Å². The maximum absolute atomic E-state index is 12.8. The van der Waals surface area contributed by atoms with E-state index >= 15 is 0 Å². The molecule has 4 aliphatic heterocycles. The number of methoxy groups -OCH3 is 2. The molecule has 4 unspecified atom stereocenters. The number of ketones is 1. The molecule has 3 aromatic rings. The number of ether oxygens (including phenoxy) is 4. The van der Waals surface area contributed by atoms with Crippen LogP contribution in [0.25, 0.3) is 11.0 Å². The molecule has 8 N–H and O–H groups in total. The molecule has 18 nitrogen and oxygen atoms in total. The van der Waals surface area contributed by atoms with Gasteiger partial charge in [-0.2, -0.15) is 16.7 Å². The second-order valence-electron chi connectivity index (χ2n) is 15.9. The van der Waals surface area contributed by atoms with Crippen LogP contribution in [0.2, 0.25) is 0 Å². The summed E-state index contributed by atoms with van der Waals surface area (Å²) in [5.41, 5.74) is 14.1. The van der Waals surface area contributed by atoms with Crippen LogP contribution in [0.4, 0.5) is 16.4 Å². The molecule has 0 aliphatic carbocycles. The Balaban J connectivity index is 0.884. The zero-order chi connectivity index (χ0) is 40.9. The summed E-state index contributed by atoms with van der Waals surface area (Å²) in [5.74, 6) is 1.66. The van der Waals surface area contributed by atoms with Gasteiger partial charge in [-0.15, -0.1) is 0 Å². The minimum atomic E-state index is -1.21. The van der Waals surface area contributed by atoms with Crippen LogP contribution in [0, 0.1) is 0 Å². The normalized spacial score (nSPS) is 29.3. The first kappa shape index (κ1) is 42.3. The number of aryl methyl sites for hydroxylation is 2. The summed E-state index contributed by atoms with van der Waals surface area (Å²) >= 11 is 1.89. The van der Waals surface area contributed by atoms with Gasteiger partial charge in [0.2, 0.25) is 0 Å². The number of aliphatic hydroxyl groups excluding tert-OH is 2. The Hall–Kier alpha value is -3.85. The van der Waals surface area contributed by atoms with Crippen LogP contribution in [0.5, 0.6) is 0 Å². The molecule has 10 atom stereocenters. The number of urea groups is 1. The Bertz CT molecular complexity index is 1960. The number of aromatic nitrogens is 5. The van der Waals surface area contributed by atoms with Crippen LogP contribution >= 0.6 is 11.8 Å². The van der Waals surface area contributed by atoms with Crippen molar-refractivity contribution in [3.63, 3.8) is 0 Å². The lowest BCUT2D eigenvalue weighted by Crippen LogP contribution is -2.36. The first-order chi connectivity index (χ1) is 28.1. The molecule has 7 rings (SSSR count). The number of rotatable bonds is 20. The van der Waals surface area contributed by atoms with E-state index in [4.69, 9.17) is 30.4 Å². The fourth-order valence-electron chi connectivity index (χ4n) is 8.86. The third kappa shape index (κ3) is 9.30. The quantitative estimate of drug-likeness (QED) is 0.0705. The topological polar surface area (TPSA) is 253 Å². The van der Waals surface area contributed by atoms with Crippen molar-refractivity contribution in [2.45, 2.75) is 144 Å². The van der Waals surface area contributed by atoms with E-state index in [0.29, 0.717) is 85.6 Å². The molecule has 4 saturated heterocycles. The molecule has 0 aromatic carbocycles. The third-order valence-electron chi connectivity index (χ3n) is 12.0. The molecule has 0 radical (unpaired) electrons. The van der Waals surface area contributed by atoms with E-state index in [2.05, 4.69) is 25.6 Å². The van der Waals surface area contributed by atoms with Gasteiger partial charge < -0.3 is 55.8 Å². The van der Waals surface area contributed by atoms with Crippen LogP contribution in [0.3, 0.4) is 0 Å². The largest absolute Gasteiger partial charge is 0.388 e. The number of thioether (sulfide) groups is 1. The number of hydrogen-bond donors (Lipinski definition) is 6. The number of aliphatic hydroxyl groups is 2. The number of nitrogen functional groups attached to an aromatic ring is 2. The number of Topliss-reactive ketones (excluding diaryl/α,β-unsaturated/α-hetero) is 1. The number of unbranched alkanes of at least 4 members (excludes halogenated alkanes) is 3. The van der Waals surface area contributed by atoms with Crippen molar-refractivity contribution >= 4 is 46.2 Å². The van der Waals surface area contributed by atoms with E-state index in [1.165, 1.54) is 10.9 Å². The number of nitrogens with zero attached hydrogens (tertiary/aromatic N) is 5. The van der Waals surface area contributed by atoms with Crippen LogP contribution < -0.4 is 27.8 Å². The Morgan fingerprint density at radius 3 is 2.45 bits per heavy atom. The van der Waals surface area contributed by atoms with Gasteiger partial charge in [0.1, 0.15) is 53.9 Å². The van der Waals surface area contributed by atoms with Gasteiger partial charge in [-0.1, -0.05) is 12.8 Å². The number of fused-ring (bicyclic) bond motifs is 2. The van der Waals surface area contributed by atoms with Crippen LogP contribution in [-0.4, -0.2) is 121 Å². The average Bonchev–Trinajstić information content (AvgIpc) is 4.02. The summed E-state index contributed by atoms with van der Waals surface area (Å²) in [5, 5.41) is 29.3. The Morgan fingerprint density at radius 1 is 0.914 bits per heavy atom. The molecule has 0 saturated carbocycles. The van der Waals surface area contributed by atoms with Gasteiger partial charge in [-0.25, -0.2) is 19.6 Å². The van der Waals surface area contributed by atoms with Gasteiger partial charge in [-0.05, 0) is 56.9 Å². The minimum Gasteiger partial charge on any atom is -0.388 e. The lowest BCUT2D eigenvalue weighted by molar-refractivity contribution is -0.119. The number of amides is 2. The first-order valence-electron chi connectivity index (χ1n) is 20.4. The smallest absolute Gasteiger partial charge is 0.351 e. The number of anilines is 2. The number of nitrogens with two attached hydrogens (primary N) is 2. The number of carbonyl (C=O) groups is 2. The molecule has 318 valence electrons. The number of hydrogen-bond acceptors (Lipinski definition) is 15. The van der Waals surface area contributed by atoms with Gasteiger partial charge >= 0.3 is 11.7 Å². The molecular weight excluding hydrogens is 771 g/mol. The van der Waals surface area contributed by atoms with Crippen molar-refractivity contribution in [3.8, 4) is 0 Å². The number of nitrogens with one attached hydrogen (secondary N) is 2. The predicted octanol–water partition coefficient (Wildman–Crippen LogP) is 2.14. The lowest BCUT2D eigenvalue weighted by Gasteiger charge is -2.18. The average molecular weight is 828 g/mol. The first-order valence-corrected chi connectivity index (χ1v) is 21.5. The van der Waals surface area contributed by atoms with E-state index in [0.717, 1.165) is 43.4 Å². The fourth-order valence-corrected chi connectivity index (χ4v) is 10.4. The highest BCUT2D eigenvalue weighted by Gasteiger charge is 2.45. The van der Waals surface area contributed by atoms with Crippen LogP contribution in [-0.2, 0) is 36.6 Å². The van der Waals surface area contributed by atoms with Crippen molar-refractivity contribution in [2.75, 3.05) is 38.0 Å². The summed E-state index contributed by atoms with van der Waals surface area (Å²) in [6.07, 6.45) is 8.68. The van der Waals surface area contributed by atoms with Gasteiger partial charge in [0, 0.05) is 62.4 Å². The second-order valence-corrected chi connectivity index (χ2v) is 17.1. The Morgan fingerprint density at radius 2 is 1.66 bits per heavy atom. The maximum Gasteiger partial charge on any atom is 0.351 e. The molecule has 2 amide bonds. The molecule has 0 bridgehead atoms. The summed E-state index contributed by atoms with van der Waals surface area (Å²) in [4.78, 5) is 49.8. The van der Waals surface area contributed by atoms with Crippen LogP contribution in [0.1, 0.15) is 94.2 Å². The fraction of sp³-hybridized carbons (Fsp3) is 0.692. The van der Waals surface area contributed by atoms with E-state index in [1.54, 1.807) is 25.0 Å². The lowest BCUT2D eigenvalue weighted by atomic mass is 10.0. The van der Waals surface area contributed by atoms with Crippen molar-refractivity contribution in [2.24, 2.45) is 0 Å². The molecule has 19 heteroatoms. The second kappa shape index (κ2) is 19.0. The summed E-state index contributed by atoms with van der Waals surface area (Å²) in [7, 11) is 3.19. The highest BCUT2D eigenvalue weighted by Crippen LogP contribution is 2.37. The molecule has 3 aromatic heterocycles. The zero-order valence-electron chi connectivity index (χ0n) is 33.2.